The predicted octanol–water partition coefficient (Wildman–Crippen LogP) is 4.15. The Labute approximate surface area is 165 Å². The molecule has 0 saturated heterocycles. The number of anilines is 1. The van der Waals surface area contributed by atoms with Gasteiger partial charge in [-0.05, 0) is 49.3 Å². The Balaban J connectivity index is 1.50. The van der Waals surface area contributed by atoms with E-state index < -0.39 is 0 Å². The molecule has 140 valence electrons. The standard InChI is InChI=1S/C20H21N3O2S2/c1-11-7-8-13-15(9-11)27-19-17(13)18(25)22-20(23-19)26-10-16(24)21-14-6-4-3-5-12(14)2/h3-6,11H,7-10H2,1-2H3,(H,21,24)(H,22,23,25)/t11-/m1/s1. The van der Waals surface area contributed by atoms with Crippen molar-refractivity contribution in [2.45, 2.75) is 38.3 Å². The van der Waals surface area contributed by atoms with Crippen LogP contribution in [-0.2, 0) is 17.6 Å². The number of nitrogens with one attached hydrogen (secondary N) is 2. The smallest absolute Gasteiger partial charge is 0.260 e. The summed E-state index contributed by atoms with van der Waals surface area (Å²) in [6, 6.07) is 7.66. The number of nitrogens with zero attached hydrogens (tertiary/aromatic N) is 1. The Morgan fingerprint density at radius 1 is 1.41 bits per heavy atom. The summed E-state index contributed by atoms with van der Waals surface area (Å²) in [7, 11) is 0. The van der Waals surface area contributed by atoms with Crippen molar-refractivity contribution in [2.24, 2.45) is 5.92 Å². The summed E-state index contributed by atoms with van der Waals surface area (Å²) >= 11 is 2.88. The number of carbonyl (C=O) groups is 1. The lowest BCUT2D eigenvalue weighted by atomic mass is 9.89. The molecule has 0 radical (unpaired) electrons. The van der Waals surface area contributed by atoms with E-state index in [0.717, 1.165) is 40.7 Å². The zero-order chi connectivity index (χ0) is 19.0. The minimum absolute atomic E-state index is 0.0890. The van der Waals surface area contributed by atoms with E-state index in [0.29, 0.717) is 11.1 Å². The molecular formula is C20H21N3O2S2. The number of H-pyrrole nitrogens is 1. The van der Waals surface area contributed by atoms with Crippen LogP contribution in [0.5, 0.6) is 0 Å². The van der Waals surface area contributed by atoms with E-state index in [9.17, 15) is 9.59 Å². The van der Waals surface area contributed by atoms with Crippen molar-refractivity contribution < 1.29 is 4.79 Å². The first-order valence-corrected chi connectivity index (χ1v) is 10.8. The number of thiophene rings is 1. The molecule has 27 heavy (non-hydrogen) atoms. The molecule has 0 fully saturated rings. The molecule has 1 amide bonds. The Morgan fingerprint density at radius 3 is 3.04 bits per heavy atom. The zero-order valence-electron chi connectivity index (χ0n) is 15.3. The van der Waals surface area contributed by atoms with Crippen molar-refractivity contribution in [1.29, 1.82) is 0 Å². The summed E-state index contributed by atoms with van der Waals surface area (Å²) in [4.78, 5) is 34.4. The lowest BCUT2D eigenvalue weighted by molar-refractivity contribution is -0.113. The number of fused-ring (bicyclic) bond motifs is 3. The molecule has 7 heteroatoms. The quantitative estimate of drug-likeness (QED) is 0.510. The third-order valence-electron chi connectivity index (χ3n) is 4.90. The van der Waals surface area contributed by atoms with Crippen molar-refractivity contribution in [3.8, 4) is 0 Å². The van der Waals surface area contributed by atoms with Crippen LogP contribution in [-0.4, -0.2) is 21.6 Å². The van der Waals surface area contributed by atoms with Crippen molar-refractivity contribution in [2.75, 3.05) is 11.1 Å². The zero-order valence-corrected chi connectivity index (χ0v) is 16.9. The Morgan fingerprint density at radius 2 is 2.22 bits per heavy atom. The number of amides is 1. The topological polar surface area (TPSA) is 74.8 Å². The monoisotopic (exact) mass is 399 g/mol. The van der Waals surface area contributed by atoms with Gasteiger partial charge >= 0.3 is 0 Å². The van der Waals surface area contributed by atoms with Gasteiger partial charge in [0.25, 0.3) is 5.56 Å². The number of para-hydroxylation sites is 1. The summed E-state index contributed by atoms with van der Waals surface area (Å²) in [6.07, 6.45) is 3.09. The van der Waals surface area contributed by atoms with Crippen LogP contribution in [0.25, 0.3) is 10.2 Å². The van der Waals surface area contributed by atoms with Crippen LogP contribution in [0.4, 0.5) is 5.69 Å². The summed E-state index contributed by atoms with van der Waals surface area (Å²) in [5.41, 5.74) is 2.91. The SMILES string of the molecule is Cc1ccccc1NC(=O)CSc1nc2sc3c(c2c(=O)[nH]1)CC[C@@H](C)C3. The molecule has 0 spiro atoms. The molecule has 1 atom stereocenters. The number of thioether (sulfide) groups is 1. The van der Waals surface area contributed by atoms with E-state index in [-0.39, 0.29) is 17.2 Å². The highest BCUT2D eigenvalue weighted by molar-refractivity contribution is 7.99. The van der Waals surface area contributed by atoms with Crippen LogP contribution in [0.1, 0.15) is 29.3 Å². The normalized spacial score (nSPS) is 16.3. The van der Waals surface area contributed by atoms with Gasteiger partial charge in [-0.2, -0.15) is 0 Å². The fourth-order valence-electron chi connectivity index (χ4n) is 3.43. The summed E-state index contributed by atoms with van der Waals surface area (Å²) < 4.78 is 0. The van der Waals surface area contributed by atoms with Crippen LogP contribution < -0.4 is 10.9 Å². The molecule has 3 aromatic rings. The highest BCUT2D eigenvalue weighted by Gasteiger charge is 2.23. The Hall–Kier alpha value is -2.12. The molecule has 0 aliphatic heterocycles. The van der Waals surface area contributed by atoms with E-state index in [2.05, 4.69) is 22.2 Å². The fourth-order valence-corrected chi connectivity index (χ4v) is 5.53. The van der Waals surface area contributed by atoms with Gasteiger partial charge in [-0.3, -0.25) is 9.59 Å². The second-order valence-electron chi connectivity index (χ2n) is 7.05. The average Bonchev–Trinajstić information content (AvgIpc) is 2.99. The molecule has 0 saturated carbocycles. The number of carbonyl (C=O) groups excluding carboxylic acids is 1. The van der Waals surface area contributed by atoms with Crippen LogP contribution in [0.15, 0.2) is 34.2 Å². The van der Waals surface area contributed by atoms with E-state index >= 15 is 0 Å². The third kappa shape index (κ3) is 3.80. The lowest BCUT2D eigenvalue weighted by Crippen LogP contribution is -2.16. The van der Waals surface area contributed by atoms with Crippen LogP contribution in [0, 0.1) is 12.8 Å². The second kappa shape index (κ2) is 7.48. The van der Waals surface area contributed by atoms with Gasteiger partial charge in [-0.15, -0.1) is 11.3 Å². The second-order valence-corrected chi connectivity index (χ2v) is 9.10. The van der Waals surface area contributed by atoms with Crippen LogP contribution in [0.2, 0.25) is 0 Å². The number of benzene rings is 1. The van der Waals surface area contributed by atoms with Gasteiger partial charge in [0.2, 0.25) is 5.91 Å². The van der Waals surface area contributed by atoms with Crippen molar-refractivity contribution in [3.63, 3.8) is 0 Å². The van der Waals surface area contributed by atoms with Gasteiger partial charge in [0.15, 0.2) is 5.16 Å². The molecule has 1 aromatic carbocycles. The maximum absolute atomic E-state index is 12.6. The van der Waals surface area contributed by atoms with E-state index in [1.165, 1.54) is 22.2 Å². The minimum Gasteiger partial charge on any atom is -0.325 e. The van der Waals surface area contributed by atoms with E-state index in [4.69, 9.17) is 0 Å². The van der Waals surface area contributed by atoms with Gasteiger partial charge in [-0.1, -0.05) is 36.9 Å². The predicted molar refractivity (Wildman–Crippen MR) is 112 cm³/mol. The summed E-state index contributed by atoms with van der Waals surface area (Å²) in [6.45, 7) is 4.20. The highest BCUT2D eigenvalue weighted by Crippen LogP contribution is 2.36. The molecule has 4 rings (SSSR count). The molecule has 1 aliphatic rings. The molecule has 0 bridgehead atoms. The maximum Gasteiger partial charge on any atom is 0.260 e. The Bertz CT molecular complexity index is 1070. The Kier molecular flexibility index (Phi) is 5.06. The van der Waals surface area contributed by atoms with E-state index in [1.54, 1.807) is 11.3 Å². The molecule has 2 N–H and O–H groups in total. The van der Waals surface area contributed by atoms with Gasteiger partial charge in [-0.25, -0.2) is 4.98 Å². The number of aromatic amines is 1. The molecular weight excluding hydrogens is 378 g/mol. The first-order chi connectivity index (χ1) is 13.0. The van der Waals surface area contributed by atoms with Gasteiger partial charge in [0, 0.05) is 10.6 Å². The van der Waals surface area contributed by atoms with Crippen molar-refractivity contribution in [1.82, 2.24) is 9.97 Å². The number of rotatable bonds is 4. The van der Waals surface area contributed by atoms with Crippen LogP contribution in [0.3, 0.4) is 0 Å². The van der Waals surface area contributed by atoms with Crippen LogP contribution >= 0.6 is 23.1 Å². The lowest BCUT2D eigenvalue weighted by Gasteiger charge is -2.17. The number of hydrogen-bond donors (Lipinski definition) is 2. The summed E-state index contributed by atoms with van der Waals surface area (Å²) in [5, 5.41) is 4.14. The molecule has 2 heterocycles. The molecule has 2 aromatic heterocycles. The minimum atomic E-state index is -0.114. The highest BCUT2D eigenvalue weighted by atomic mass is 32.2. The molecule has 1 aliphatic carbocycles. The maximum atomic E-state index is 12.6. The van der Waals surface area contributed by atoms with Crippen molar-refractivity contribution in [3.05, 3.63) is 50.6 Å². The summed E-state index contributed by atoms with van der Waals surface area (Å²) in [5.74, 6) is 0.741. The molecule has 5 nitrogen and oxygen atoms in total. The molecule has 0 unspecified atom stereocenters. The fraction of sp³-hybridized carbons (Fsp3) is 0.350. The number of hydrogen-bond acceptors (Lipinski definition) is 5. The van der Waals surface area contributed by atoms with Gasteiger partial charge < -0.3 is 10.3 Å². The van der Waals surface area contributed by atoms with Gasteiger partial charge in [0.1, 0.15) is 4.83 Å². The third-order valence-corrected chi connectivity index (χ3v) is 6.92. The van der Waals surface area contributed by atoms with Crippen molar-refractivity contribution >= 4 is 44.9 Å². The number of aryl methyl sites for hydroxylation is 2. The largest absolute Gasteiger partial charge is 0.325 e. The van der Waals surface area contributed by atoms with Gasteiger partial charge in [0.05, 0.1) is 11.1 Å². The van der Waals surface area contributed by atoms with E-state index in [1.807, 2.05) is 31.2 Å². The average molecular weight is 400 g/mol. The first kappa shape index (κ1) is 18.3. The number of aromatic nitrogens is 2. The first-order valence-electron chi connectivity index (χ1n) is 9.04.